The number of nitriles is 1. The number of rotatable bonds is 1. The van der Waals surface area contributed by atoms with Crippen LogP contribution in [-0.2, 0) is 4.74 Å². The summed E-state index contributed by atoms with van der Waals surface area (Å²) >= 11 is 0. The highest BCUT2D eigenvalue weighted by Gasteiger charge is 2.43. The molecule has 0 aromatic carbocycles. The van der Waals surface area contributed by atoms with Gasteiger partial charge in [-0.05, 0) is 45.4 Å². The van der Waals surface area contributed by atoms with Crippen LogP contribution in [0.4, 0.5) is 4.79 Å². The number of alkyl carbamates (subject to hydrolysis) is 1. The first-order chi connectivity index (χ1) is 8.39. The monoisotopic (exact) mass is 251 g/mol. The highest BCUT2D eigenvalue weighted by molar-refractivity contribution is 5.68. The number of piperidine rings is 1. The molecule has 18 heavy (non-hydrogen) atoms. The number of carbonyl (C=O) groups is 1. The van der Waals surface area contributed by atoms with Gasteiger partial charge in [-0.1, -0.05) is 0 Å². The lowest BCUT2D eigenvalue weighted by atomic mass is 9.93. The van der Waals surface area contributed by atoms with Crippen LogP contribution < -0.4 is 5.32 Å². The largest absolute Gasteiger partial charge is 0.444 e. The number of hydrogen-bond donors (Lipinski definition) is 1. The second-order valence-corrected chi connectivity index (χ2v) is 6.27. The van der Waals surface area contributed by atoms with Crippen molar-refractivity contribution in [3.8, 4) is 6.19 Å². The van der Waals surface area contributed by atoms with E-state index in [9.17, 15) is 4.79 Å². The summed E-state index contributed by atoms with van der Waals surface area (Å²) in [4.78, 5) is 13.6. The van der Waals surface area contributed by atoms with Crippen molar-refractivity contribution in [2.45, 2.75) is 45.3 Å². The third-order valence-corrected chi connectivity index (χ3v) is 3.66. The van der Waals surface area contributed by atoms with Crippen molar-refractivity contribution in [1.82, 2.24) is 10.2 Å². The molecule has 0 aromatic heterocycles. The maximum atomic E-state index is 11.8. The zero-order valence-corrected chi connectivity index (χ0v) is 11.3. The molecule has 5 heteroatoms. The first-order valence-electron chi connectivity index (χ1n) is 6.53. The summed E-state index contributed by atoms with van der Waals surface area (Å²) in [6.07, 6.45) is 4.04. The highest BCUT2D eigenvalue weighted by Crippen LogP contribution is 2.36. The van der Waals surface area contributed by atoms with Crippen molar-refractivity contribution in [1.29, 1.82) is 5.26 Å². The van der Waals surface area contributed by atoms with Crippen molar-refractivity contribution >= 4 is 6.09 Å². The Morgan fingerprint density at radius 2 is 1.89 bits per heavy atom. The number of fused-ring (bicyclic) bond motifs is 2. The Labute approximate surface area is 108 Å². The van der Waals surface area contributed by atoms with E-state index in [0.29, 0.717) is 11.8 Å². The van der Waals surface area contributed by atoms with Crippen LogP contribution in [0.5, 0.6) is 0 Å². The van der Waals surface area contributed by atoms with Crippen molar-refractivity contribution < 1.29 is 9.53 Å². The van der Waals surface area contributed by atoms with Crippen molar-refractivity contribution in [2.24, 2.45) is 11.8 Å². The molecule has 0 unspecified atom stereocenters. The Kier molecular flexibility index (Phi) is 3.38. The topological polar surface area (TPSA) is 65.4 Å². The van der Waals surface area contributed by atoms with Crippen LogP contribution in [0.3, 0.4) is 0 Å². The average Bonchev–Trinajstić information content (AvgIpc) is 2.49. The Balaban J connectivity index is 1.92. The fraction of sp³-hybridized carbons (Fsp3) is 0.846. The van der Waals surface area contributed by atoms with E-state index in [1.54, 1.807) is 4.90 Å². The predicted molar refractivity (Wildman–Crippen MR) is 66.6 cm³/mol. The number of amides is 1. The molecule has 5 nitrogen and oxygen atoms in total. The Bertz CT molecular complexity index is 355. The Morgan fingerprint density at radius 1 is 1.33 bits per heavy atom. The molecule has 1 aliphatic heterocycles. The molecule has 1 N–H and O–H groups in total. The SMILES string of the molecule is CC(C)(C)OC(=O)N[C@H]1[C@@H]2CC[C@H]1CN(C#N)C2. The van der Waals surface area contributed by atoms with Gasteiger partial charge in [-0.3, -0.25) is 0 Å². The zero-order chi connectivity index (χ0) is 13.3. The minimum Gasteiger partial charge on any atom is -0.444 e. The molecule has 1 aliphatic carbocycles. The van der Waals surface area contributed by atoms with E-state index >= 15 is 0 Å². The summed E-state index contributed by atoms with van der Waals surface area (Å²) in [5.41, 5.74) is -0.462. The van der Waals surface area contributed by atoms with Gasteiger partial charge in [0.15, 0.2) is 6.19 Å². The molecular weight excluding hydrogens is 230 g/mol. The Morgan fingerprint density at radius 3 is 2.33 bits per heavy atom. The maximum absolute atomic E-state index is 11.8. The molecule has 2 fully saturated rings. The summed E-state index contributed by atoms with van der Waals surface area (Å²) in [6.45, 7) is 7.10. The van der Waals surface area contributed by atoms with E-state index in [4.69, 9.17) is 10.00 Å². The molecular formula is C13H21N3O2. The first-order valence-corrected chi connectivity index (χ1v) is 6.53. The molecule has 100 valence electrons. The number of ether oxygens (including phenoxy) is 1. The molecule has 2 aliphatic rings. The van der Waals surface area contributed by atoms with Gasteiger partial charge >= 0.3 is 6.09 Å². The number of nitrogens with one attached hydrogen (secondary N) is 1. The summed E-state index contributed by atoms with van der Waals surface area (Å²) in [5, 5.41) is 11.9. The lowest BCUT2D eigenvalue weighted by Crippen LogP contribution is -2.52. The third-order valence-electron chi connectivity index (χ3n) is 3.66. The van der Waals surface area contributed by atoms with Gasteiger partial charge in [-0.2, -0.15) is 5.26 Å². The van der Waals surface area contributed by atoms with Gasteiger partial charge in [0.1, 0.15) is 5.60 Å². The van der Waals surface area contributed by atoms with E-state index in [2.05, 4.69) is 11.5 Å². The van der Waals surface area contributed by atoms with Crippen LogP contribution in [0, 0.1) is 23.3 Å². The molecule has 1 saturated carbocycles. The van der Waals surface area contributed by atoms with Gasteiger partial charge in [-0.15, -0.1) is 0 Å². The highest BCUT2D eigenvalue weighted by atomic mass is 16.6. The number of carbonyl (C=O) groups excluding carboxylic acids is 1. The van der Waals surface area contributed by atoms with Crippen molar-refractivity contribution in [3.05, 3.63) is 0 Å². The molecule has 2 bridgehead atoms. The molecule has 3 atom stereocenters. The quantitative estimate of drug-likeness (QED) is 0.720. The summed E-state index contributed by atoms with van der Waals surface area (Å²) in [7, 11) is 0. The van der Waals surface area contributed by atoms with Crippen molar-refractivity contribution in [3.63, 3.8) is 0 Å². The van der Waals surface area contributed by atoms with Gasteiger partial charge in [0.25, 0.3) is 0 Å². The lowest BCUT2D eigenvalue weighted by Gasteiger charge is -2.35. The average molecular weight is 251 g/mol. The predicted octanol–water partition coefficient (Wildman–Crippen LogP) is 1.70. The van der Waals surface area contributed by atoms with Crippen LogP contribution in [-0.4, -0.2) is 35.7 Å². The van der Waals surface area contributed by atoms with E-state index in [1.807, 2.05) is 20.8 Å². The Hall–Kier alpha value is -1.44. The van der Waals surface area contributed by atoms with Gasteiger partial charge in [0, 0.05) is 19.1 Å². The first kappa shape index (κ1) is 13.0. The van der Waals surface area contributed by atoms with Crippen LogP contribution >= 0.6 is 0 Å². The standard InChI is InChI=1S/C13H21N3O2/c1-13(2,3)18-12(17)15-11-9-4-5-10(11)7-16(6-9)8-14/h9-11H,4-7H2,1-3H3,(H,15,17)/t9-,10+,11+. The second kappa shape index (κ2) is 4.68. The fourth-order valence-corrected chi connectivity index (χ4v) is 2.98. The third kappa shape index (κ3) is 2.87. The smallest absolute Gasteiger partial charge is 0.407 e. The molecule has 1 amide bonds. The summed E-state index contributed by atoms with van der Waals surface area (Å²) in [5.74, 6) is 0.770. The maximum Gasteiger partial charge on any atom is 0.407 e. The lowest BCUT2D eigenvalue weighted by molar-refractivity contribution is 0.0445. The number of likely N-dealkylation sites (tertiary alicyclic amines) is 1. The summed E-state index contributed by atoms with van der Waals surface area (Å²) in [6, 6.07) is 0.171. The normalized spacial score (nSPS) is 30.8. The molecule has 1 saturated heterocycles. The molecule has 0 radical (unpaired) electrons. The molecule has 0 spiro atoms. The molecule has 0 aromatic rings. The van der Waals surface area contributed by atoms with E-state index in [1.165, 1.54) is 0 Å². The van der Waals surface area contributed by atoms with Gasteiger partial charge in [0.05, 0.1) is 0 Å². The summed E-state index contributed by atoms with van der Waals surface area (Å²) < 4.78 is 5.29. The number of nitrogens with zero attached hydrogens (tertiary/aromatic N) is 2. The van der Waals surface area contributed by atoms with E-state index < -0.39 is 5.60 Å². The second-order valence-electron chi connectivity index (χ2n) is 6.27. The molecule has 2 rings (SSSR count). The number of hydrogen-bond acceptors (Lipinski definition) is 4. The minimum absolute atomic E-state index is 0.171. The molecule has 1 heterocycles. The van der Waals surface area contributed by atoms with Crippen LogP contribution in [0.25, 0.3) is 0 Å². The van der Waals surface area contributed by atoms with Crippen LogP contribution in [0.2, 0.25) is 0 Å². The minimum atomic E-state index is -0.462. The van der Waals surface area contributed by atoms with Gasteiger partial charge in [0.2, 0.25) is 0 Å². The van der Waals surface area contributed by atoms with Crippen molar-refractivity contribution in [2.75, 3.05) is 13.1 Å². The van der Waals surface area contributed by atoms with Crippen LogP contribution in [0.15, 0.2) is 0 Å². The fourth-order valence-electron chi connectivity index (χ4n) is 2.98. The van der Waals surface area contributed by atoms with Crippen LogP contribution in [0.1, 0.15) is 33.6 Å². The van der Waals surface area contributed by atoms with E-state index in [-0.39, 0.29) is 12.1 Å². The zero-order valence-electron chi connectivity index (χ0n) is 11.3. The van der Waals surface area contributed by atoms with E-state index in [0.717, 1.165) is 25.9 Å². The van der Waals surface area contributed by atoms with Gasteiger partial charge in [-0.25, -0.2) is 4.79 Å². The van der Waals surface area contributed by atoms with Gasteiger partial charge < -0.3 is 15.0 Å².